The largest absolute Gasteiger partial charge is 0.450 e. The summed E-state index contributed by atoms with van der Waals surface area (Å²) in [6.45, 7) is 3.16. The maximum atomic E-state index is 12.5. The highest BCUT2D eigenvalue weighted by Crippen LogP contribution is 2.27. The van der Waals surface area contributed by atoms with E-state index in [1.807, 2.05) is 19.1 Å². The van der Waals surface area contributed by atoms with E-state index in [-0.39, 0.29) is 6.04 Å². The van der Waals surface area contributed by atoms with Gasteiger partial charge in [-0.2, -0.15) is 10.2 Å². The number of Topliss-reactive ketones (excluding diaryl/α,β-unsaturated/α-hetero) is 1. The number of nitrogens with zero attached hydrogens (tertiary/aromatic N) is 3. The van der Waals surface area contributed by atoms with Crippen LogP contribution in [0.15, 0.2) is 39.4 Å². The number of carbonyl (C=O) groups excluding carboxylic acids is 2. The lowest BCUT2D eigenvalue weighted by Crippen LogP contribution is -2.45. The number of anilines is 1. The highest BCUT2D eigenvalue weighted by Gasteiger charge is 2.35. The van der Waals surface area contributed by atoms with Gasteiger partial charge >= 0.3 is 6.26 Å². The quantitative estimate of drug-likeness (QED) is 0.358. The molecule has 1 saturated carbocycles. The van der Waals surface area contributed by atoms with Crippen LogP contribution >= 0.6 is 11.6 Å². The van der Waals surface area contributed by atoms with Gasteiger partial charge in [0, 0.05) is 11.2 Å². The minimum absolute atomic E-state index is 0.208. The Morgan fingerprint density at radius 1 is 1.23 bits per heavy atom. The fourth-order valence-corrected chi connectivity index (χ4v) is 5.58. The Hall–Kier alpha value is -2.05. The summed E-state index contributed by atoms with van der Waals surface area (Å²) in [5.74, 6) is -0.927. The highest BCUT2D eigenvalue weighted by atomic mass is 32.2. The lowest BCUT2D eigenvalue weighted by atomic mass is 9.96. The van der Waals surface area contributed by atoms with Crippen LogP contribution in [-0.2, 0) is 19.6 Å². The molecule has 0 bridgehead atoms. The molecule has 1 unspecified atom stereocenters. The molecule has 0 spiro atoms. The number of azo groups is 1. The van der Waals surface area contributed by atoms with Gasteiger partial charge in [-0.15, -0.1) is 11.6 Å². The van der Waals surface area contributed by atoms with Gasteiger partial charge in [0.15, 0.2) is 5.78 Å². The number of ketones is 1. The minimum Gasteiger partial charge on any atom is -0.324 e. The van der Waals surface area contributed by atoms with Gasteiger partial charge in [0.2, 0.25) is 16.1 Å². The third-order valence-electron chi connectivity index (χ3n) is 5.12. The summed E-state index contributed by atoms with van der Waals surface area (Å²) in [5.41, 5.74) is 3.10. The third-order valence-corrected chi connectivity index (χ3v) is 7.91. The fraction of sp³-hybridized carbons (Fsp3) is 0.500. The van der Waals surface area contributed by atoms with Crippen molar-refractivity contribution in [3.8, 4) is 0 Å². The number of amides is 1. The average Bonchev–Trinajstić information content (AvgIpc) is 2.67. The first-order chi connectivity index (χ1) is 14.3. The van der Waals surface area contributed by atoms with E-state index in [1.165, 1.54) is 18.5 Å². The number of para-hydroxylation sites is 1. The Bertz CT molecular complexity index is 961. The van der Waals surface area contributed by atoms with Crippen molar-refractivity contribution in [2.75, 3.05) is 5.32 Å². The number of aryl methyl sites for hydroxylation is 1. The van der Waals surface area contributed by atoms with E-state index >= 15 is 0 Å². The molecule has 30 heavy (non-hydrogen) atoms. The van der Waals surface area contributed by atoms with E-state index < -0.39 is 39.3 Å². The predicted molar refractivity (Wildman–Crippen MR) is 119 cm³/mol. The van der Waals surface area contributed by atoms with Gasteiger partial charge in [-0.25, -0.2) is 13.1 Å². The van der Waals surface area contributed by atoms with Crippen LogP contribution in [0.2, 0.25) is 0 Å². The molecule has 1 amide bonds. The van der Waals surface area contributed by atoms with Crippen LogP contribution in [0, 0.1) is 6.92 Å². The van der Waals surface area contributed by atoms with Crippen LogP contribution in [0.25, 0.3) is 0 Å². The van der Waals surface area contributed by atoms with Crippen molar-refractivity contribution in [3.05, 3.63) is 29.8 Å². The Labute approximate surface area is 180 Å². The number of nitrogens with one attached hydrogen (secondary N) is 2. The molecule has 0 radical (unpaired) electrons. The van der Waals surface area contributed by atoms with Crippen molar-refractivity contribution in [1.29, 1.82) is 0 Å². The number of sulfonamides is 1. The monoisotopic (exact) mass is 449 g/mol. The van der Waals surface area contributed by atoms with Crippen molar-refractivity contribution in [2.24, 2.45) is 15.1 Å². The summed E-state index contributed by atoms with van der Waals surface area (Å²) < 4.78 is 27.4. The van der Waals surface area contributed by atoms with Crippen LogP contribution < -0.4 is 9.95 Å². The number of rotatable bonds is 8. The first-order valence-electron chi connectivity index (χ1n) is 9.71. The Morgan fingerprint density at radius 2 is 1.90 bits per heavy atom. The Kier molecular flexibility index (Phi) is 7.43. The van der Waals surface area contributed by atoms with E-state index in [1.54, 1.807) is 17.7 Å². The highest BCUT2D eigenvalue weighted by molar-refractivity contribution is 8.38. The minimum atomic E-state index is -3.44. The topological polar surface area (TPSA) is 129 Å². The second kappa shape index (κ2) is 9.84. The smallest absolute Gasteiger partial charge is 0.324 e. The van der Waals surface area contributed by atoms with Crippen LogP contribution in [0.5, 0.6) is 0 Å². The first kappa shape index (κ1) is 22.6. The molecule has 1 aromatic rings. The molecule has 0 aromatic heterocycles. The lowest BCUT2D eigenvalue weighted by molar-refractivity contribution is -0.126. The van der Waals surface area contributed by atoms with E-state index in [9.17, 15) is 18.0 Å². The van der Waals surface area contributed by atoms with Gasteiger partial charge in [0.05, 0.1) is 11.3 Å². The van der Waals surface area contributed by atoms with Crippen molar-refractivity contribution < 1.29 is 18.0 Å². The zero-order valence-corrected chi connectivity index (χ0v) is 18.4. The summed E-state index contributed by atoms with van der Waals surface area (Å²) in [4.78, 5) is 28.4. The molecular weight excluding hydrogens is 425 g/mol. The maximum Gasteiger partial charge on any atom is 0.450 e. The zero-order chi connectivity index (χ0) is 21.7. The van der Waals surface area contributed by atoms with Gasteiger partial charge < -0.3 is 10.2 Å². The lowest BCUT2D eigenvalue weighted by Gasteiger charge is -2.27. The molecule has 1 aromatic carbocycles. The molecule has 12 heteroatoms. The molecule has 0 saturated heterocycles. The molecule has 2 N–H and O–H groups in total. The molecule has 1 aliphatic heterocycles. The summed E-state index contributed by atoms with van der Waals surface area (Å²) >= 11 is 1.33. The molecule has 1 fully saturated rings. The predicted octanol–water partition coefficient (Wildman–Crippen LogP) is 2.33. The van der Waals surface area contributed by atoms with E-state index in [2.05, 4.69) is 25.1 Å². The maximum absolute atomic E-state index is 12.5. The molecule has 3 rings (SSSR count). The summed E-state index contributed by atoms with van der Waals surface area (Å²) in [7, 11) is -3.44. The molecule has 1 atom stereocenters. The standard InChI is InChI=1S/C18H24BN5O4S2/c1-12-5-3-4-6-16(12)21-18(26)17(13(2)25)23-22-14-7-9-15(10-8-14)30(27,28)24-19-20-11-29-19/h3-6,11,14-15,17,24H,7-10H2,1-2H3,(H,21,26). The number of carbonyl (C=O) groups is 2. The summed E-state index contributed by atoms with van der Waals surface area (Å²) in [6, 6.07) is 5.84. The Morgan fingerprint density at radius 3 is 2.47 bits per heavy atom. The second-order valence-corrected chi connectivity index (χ2v) is 10.3. The van der Waals surface area contributed by atoms with E-state index in [0.29, 0.717) is 31.4 Å². The number of hydrogen-bond acceptors (Lipinski definition) is 8. The van der Waals surface area contributed by atoms with E-state index in [4.69, 9.17) is 0 Å². The van der Waals surface area contributed by atoms with Gasteiger partial charge in [-0.1, -0.05) is 18.2 Å². The molecule has 160 valence electrons. The normalized spacial score (nSPS) is 22.5. The zero-order valence-electron chi connectivity index (χ0n) is 16.8. The fourth-order valence-electron chi connectivity index (χ4n) is 3.28. The summed E-state index contributed by atoms with van der Waals surface area (Å²) in [5, 5.41) is 10.4. The molecule has 2 aliphatic rings. The third kappa shape index (κ3) is 5.76. The molecule has 1 aliphatic carbocycles. The van der Waals surface area contributed by atoms with Crippen molar-refractivity contribution >= 4 is 50.8 Å². The van der Waals surface area contributed by atoms with Crippen LogP contribution in [0.4, 0.5) is 5.69 Å². The van der Waals surface area contributed by atoms with Crippen molar-refractivity contribution in [1.82, 2.24) is 4.63 Å². The van der Waals surface area contributed by atoms with Crippen LogP contribution in [0.3, 0.4) is 0 Å². The first-order valence-corrected chi connectivity index (χ1v) is 12.2. The van der Waals surface area contributed by atoms with Gasteiger partial charge in [-0.3, -0.25) is 9.59 Å². The number of benzene rings is 1. The Balaban J connectivity index is 1.55. The molecule has 9 nitrogen and oxygen atoms in total. The number of hydrogen-bond donors (Lipinski definition) is 2. The van der Waals surface area contributed by atoms with Crippen molar-refractivity contribution in [2.45, 2.75) is 56.9 Å². The van der Waals surface area contributed by atoms with Crippen LogP contribution in [0.1, 0.15) is 38.2 Å². The second-order valence-electron chi connectivity index (χ2n) is 7.38. The van der Waals surface area contributed by atoms with Crippen molar-refractivity contribution in [3.63, 3.8) is 0 Å². The van der Waals surface area contributed by atoms with Gasteiger partial charge in [-0.05, 0) is 51.2 Å². The molecule has 1 heterocycles. The van der Waals surface area contributed by atoms with Crippen LogP contribution in [-0.4, -0.2) is 49.2 Å². The van der Waals surface area contributed by atoms with E-state index in [0.717, 1.165) is 5.56 Å². The molecular formula is C18H24BN5O4S2. The van der Waals surface area contributed by atoms with Gasteiger partial charge in [0.25, 0.3) is 5.91 Å². The summed E-state index contributed by atoms with van der Waals surface area (Å²) in [6.07, 6.45) is 1.52. The average molecular weight is 449 g/mol. The SMILES string of the molecule is CC(=O)C(N=NC1CCC(S(=O)(=O)NB2N=CS2)CC1)C(=O)Nc1ccccc1C. The van der Waals surface area contributed by atoms with Gasteiger partial charge in [0.1, 0.15) is 0 Å².